The van der Waals surface area contributed by atoms with E-state index in [2.05, 4.69) is 0 Å². The normalized spacial score (nSPS) is 13.5. The number of allylic oxidation sites excluding steroid dienone is 1. The zero-order valence-electron chi connectivity index (χ0n) is 17.3. The molecule has 0 unspecified atom stereocenters. The fourth-order valence-electron chi connectivity index (χ4n) is 3.57. The molecule has 1 heterocycles. The molecular weight excluding hydrogens is 419 g/mol. The van der Waals surface area contributed by atoms with E-state index in [0.29, 0.717) is 11.3 Å². The summed E-state index contributed by atoms with van der Waals surface area (Å²) in [5.74, 6) is -0.792. The number of carbonyl (C=O) groups excluding carboxylic acids is 2. The summed E-state index contributed by atoms with van der Waals surface area (Å²) in [5, 5.41) is 0. The molecule has 4 nitrogen and oxygen atoms in total. The van der Waals surface area contributed by atoms with Gasteiger partial charge in [-0.1, -0.05) is 60.7 Å². The van der Waals surface area contributed by atoms with Gasteiger partial charge < -0.3 is 9.47 Å². The number of Topliss-reactive ketones (excluding diaryl/α,β-unsaturated/α-hetero) is 1. The number of rotatable bonds is 4. The first kappa shape index (κ1) is 20.4. The molecule has 0 amide bonds. The van der Waals surface area contributed by atoms with E-state index >= 15 is 0 Å². The first-order chi connectivity index (χ1) is 16.1. The fraction of sp³-hybridized carbons (Fsp3) is 0. The van der Waals surface area contributed by atoms with Crippen LogP contribution < -0.4 is 9.47 Å². The molecule has 0 saturated heterocycles. The first-order valence-electron chi connectivity index (χ1n) is 10.3. The highest BCUT2D eigenvalue weighted by Gasteiger charge is 2.28. The van der Waals surface area contributed by atoms with Crippen molar-refractivity contribution in [2.45, 2.75) is 0 Å². The van der Waals surface area contributed by atoms with E-state index in [0.717, 1.165) is 22.8 Å². The second kappa shape index (κ2) is 8.55. The van der Waals surface area contributed by atoms with Crippen molar-refractivity contribution < 1.29 is 23.5 Å². The second-order valence-corrected chi connectivity index (χ2v) is 7.49. The minimum absolute atomic E-state index is 0.0898. The SMILES string of the molecule is O=C(Oc1ccc2c(c1)O/C(=C\c1ccc(-c3ccccc3)cc1)C2=O)c1cccc(F)c1. The van der Waals surface area contributed by atoms with E-state index in [1.54, 1.807) is 12.1 Å². The average Bonchev–Trinajstić information content (AvgIpc) is 3.14. The molecule has 1 aliphatic rings. The summed E-state index contributed by atoms with van der Waals surface area (Å²) in [5.41, 5.74) is 3.48. The molecule has 0 saturated carbocycles. The molecule has 1 aliphatic heterocycles. The third-order valence-corrected chi connectivity index (χ3v) is 5.23. The third-order valence-electron chi connectivity index (χ3n) is 5.23. The van der Waals surface area contributed by atoms with Crippen LogP contribution in [0, 0.1) is 5.82 Å². The van der Waals surface area contributed by atoms with Crippen molar-refractivity contribution in [1.82, 2.24) is 0 Å². The molecule has 0 N–H and O–H groups in total. The van der Waals surface area contributed by atoms with E-state index in [9.17, 15) is 14.0 Å². The lowest BCUT2D eigenvalue weighted by molar-refractivity contribution is 0.0734. The monoisotopic (exact) mass is 436 g/mol. The Balaban J connectivity index is 1.33. The number of esters is 1. The maximum absolute atomic E-state index is 13.3. The molecule has 0 aliphatic carbocycles. The van der Waals surface area contributed by atoms with Crippen LogP contribution in [0.4, 0.5) is 4.39 Å². The number of hydrogen-bond acceptors (Lipinski definition) is 4. The van der Waals surface area contributed by atoms with Crippen molar-refractivity contribution in [3.05, 3.63) is 125 Å². The lowest BCUT2D eigenvalue weighted by Gasteiger charge is -2.06. The van der Waals surface area contributed by atoms with E-state index in [1.165, 1.54) is 30.3 Å². The minimum atomic E-state index is -0.701. The number of benzene rings is 4. The van der Waals surface area contributed by atoms with Crippen LogP contribution in [0.1, 0.15) is 26.3 Å². The maximum Gasteiger partial charge on any atom is 0.343 e. The topological polar surface area (TPSA) is 52.6 Å². The van der Waals surface area contributed by atoms with Crippen LogP contribution in [0.3, 0.4) is 0 Å². The molecule has 5 rings (SSSR count). The van der Waals surface area contributed by atoms with E-state index in [-0.39, 0.29) is 22.9 Å². The van der Waals surface area contributed by atoms with Crippen LogP contribution in [0.25, 0.3) is 17.2 Å². The molecule has 4 aromatic rings. The Labute approximate surface area is 189 Å². The standard InChI is InChI=1S/C28H17FO4/c29-22-8-4-7-21(16-22)28(31)32-23-13-14-24-25(17-23)33-26(27(24)30)15-18-9-11-20(12-10-18)19-5-2-1-3-6-19/h1-17H/b26-15-. The molecule has 0 fully saturated rings. The van der Waals surface area contributed by atoms with Gasteiger partial charge in [0.2, 0.25) is 5.78 Å². The molecule has 0 radical (unpaired) electrons. The quantitative estimate of drug-likeness (QED) is 0.213. The van der Waals surface area contributed by atoms with Gasteiger partial charge in [0, 0.05) is 6.07 Å². The summed E-state index contributed by atoms with van der Waals surface area (Å²) in [6.45, 7) is 0. The van der Waals surface area contributed by atoms with E-state index in [1.807, 2.05) is 54.6 Å². The van der Waals surface area contributed by atoms with Crippen molar-refractivity contribution in [3.63, 3.8) is 0 Å². The van der Waals surface area contributed by atoms with Crippen LogP contribution in [0.15, 0.2) is 103 Å². The molecule has 4 aromatic carbocycles. The number of hydrogen-bond donors (Lipinski definition) is 0. The number of ketones is 1. The summed E-state index contributed by atoms with van der Waals surface area (Å²) in [6, 6.07) is 27.6. The van der Waals surface area contributed by atoms with Gasteiger partial charge in [0.25, 0.3) is 0 Å². The molecule has 0 aromatic heterocycles. The summed E-state index contributed by atoms with van der Waals surface area (Å²) in [6.07, 6.45) is 1.68. The lowest BCUT2D eigenvalue weighted by Crippen LogP contribution is -2.08. The zero-order valence-corrected chi connectivity index (χ0v) is 17.3. The maximum atomic E-state index is 13.3. The number of fused-ring (bicyclic) bond motifs is 1. The van der Waals surface area contributed by atoms with Gasteiger partial charge in [0.1, 0.15) is 17.3 Å². The fourth-order valence-corrected chi connectivity index (χ4v) is 3.57. The van der Waals surface area contributed by atoms with Gasteiger partial charge in [0.15, 0.2) is 5.76 Å². The molecule has 5 heteroatoms. The minimum Gasteiger partial charge on any atom is -0.452 e. The predicted molar refractivity (Wildman–Crippen MR) is 123 cm³/mol. The largest absolute Gasteiger partial charge is 0.452 e. The molecule has 0 atom stereocenters. The van der Waals surface area contributed by atoms with Gasteiger partial charge in [-0.15, -0.1) is 0 Å². The Bertz CT molecular complexity index is 1390. The number of halogens is 1. The van der Waals surface area contributed by atoms with Crippen LogP contribution in [-0.4, -0.2) is 11.8 Å². The molecule has 0 bridgehead atoms. The summed E-state index contributed by atoms with van der Waals surface area (Å²) in [4.78, 5) is 25.0. The predicted octanol–water partition coefficient (Wildman–Crippen LogP) is 6.33. The van der Waals surface area contributed by atoms with Crippen molar-refractivity contribution in [2.24, 2.45) is 0 Å². The summed E-state index contributed by atoms with van der Waals surface area (Å²) < 4.78 is 24.4. The summed E-state index contributed by atoms with van der Waals surface area (Å²) >= 11 is 0. The van der Waals surface area contributed by atoms with E-state index in [4.69, 9.17) is 9.47 Å². The van der Waals surface area contributed by atoms with Gasteiger partial charge in [-0.3, -0.25) is 4.79 Å². The Morgan fingerprint density at radius 1 is 0.818 bits per heavy atom. The molecule has 0 spiro atoms. The highest BCUT2D eigenvalue weighted by molar-refractivity contribution is 6.14. The van der Waals surface area contributed by atoms with Gasteiger partial charge >= 0.3 is 5.97 Å². The van der Waals surface area contributed by atoms with Crippen LogP contribution in [0.2, 0.25) is 0 Å². The van der Waals surface area contributed by atoms with Crippen LogP contribution in [0.5, 0.6) is 11.5 Å². The zero-order chi connectivity index (χ0) is 22.8. The summed E-state index contributed by atoms with van der Waals surface area (Å²) in [7, 11) is 0. The first-order valence-corrected chi connectivity index (χ1v) is 10.3. The number of carbonyl (C=O) groups is 2. The van der Waals surface area contributed by atoms with E-state index < -0.39 is 11.8 Å². The van der Waals surface area contributed by atoms with Gasteiger partial charge in [-0.2, -0.15) is 0 Å². The van der Waals surface area contributed by atoms with Crippen molar-refractivity contribution in [1.29, 1.82) is 0 Å². The van der Waals surface area contributed by atoms with Crippen molar-refractivity contribution >= 4 is 17.8 Å². The van der Waals surface area contributed by atoms with Crippen molar-refractivity contribution in [3.8, 4) is 22.6 Å². The lowest BCUT2D eigenvalue weighted by atomic mass is 10.0. The smallest absolute Gasteiger partial charge is 0.343 e. The Kier molecular flexibility index (Phi) is 5.29. The number of ether oxygens (including phenoxy) is 2. The average molecular weight is 436 g/mol. The van der Waals surface area contributed by atoms with Crippen LogP contribution in [-0.2, 0) is 0 Å². The molecule has 33 heavy (non-hydrogen) atoms. The Morgan fingerprint density at radius 2 is 1.58 bits per heavy atom. The van der Waals surface area contributed by atoms with Gasteiger partial charge in [-0.05, 0) is 53.1 Å². The highest BCUT2D eigenvalue weighted by Crippen LogP contribution is 2.35. The highest BCUT2D eigenvalue weighted by atomic mass is 19.1. The Hall–Kier alpha value is -4.51. The van der Waals surface area contributed by atoms with Crippen LogP contribution >= 0.6 is 0 Å². The second-order valence-electron chi connectivity index (χ2n) is 7.49. The van der Waals surface area contributed by atoms with Crippen molar-refractivity contribution in [2.75, 3.05) is 0 Å². The van der Waals surface area contributed by atoms with Gasteiger partial charge in [-0.25, -0.2) is 9.18 Å². The molecule has 160 valence electrons. The van der Waals surface area contributed by atoms with Gasteiger partial charge in [0.05, 0.1) is 11.1 Å². The Morgan fingerprint density at radius 3 is 2.33 bits per heavy atom. The third kappa shape index (κ3) is 4.29. The molecular formula is C28H17FO4.